The molecule has 1 saturated heterocycles. The van der Waals surface area contributed by atoms with Crippen molar-refractivity contribution in [1.29, 1.82) is 0 Å². The molecule has 1 aliphatic rings. The highest BCUT2D eigenvalue weighted by Crippen LogP contribution is 2.35. The van der Waals surface area contributed by atoms with E-state index in [2.05, 4.69) is 28.7 Å². The molecule has 0 spiro atoms. The van der Waals surface area contributed by atoms with E-state index in [4.69, 9.17) is 14.7 Å². The standard InChI is InChI=1S/C29H30FN5O3/c1-18(2)28-34-26(19-8-10-20(30)11-9-19)27(35(28)15-13-23-16-22(36)17-25(37)38-23)24-12-14-31-29(33-24)32-21-6-4-3-5-7-21/h3-12,14,18,22-23,36H,13,15-17H2,1-2H3,(H,31,32,33)/t22-,23?/m1/s1. The summed E-state index contributed by atoms with van der Waals surface area (Å²) >= 11 is 0. The number of carbonyl (C=O) groups is 1. The molecule has 8 nitrogen and oxygen atoms in total. The fourth-order valence-corrected chi connectivity index (χ4v) is 4.72. The molecule has 3 heterocycles. The number of cyclic esters (lactones) is 1. The molecule has 0 aliphatic carbocycles. The molecule has 196 valence electrons. The molecule has 5 rings (SSSR count). The monoisotopic (exact) mass is 515 g/mol. The zero-order valence-electron chi connectivity index (χ0n) is 21.3. The Hall–Kier alpha value is -4.11. The quantitative estimate of drug-likeness (QED) is 0.300. The fraction of sp³-hybridized carbons (Fsp3) is 0.310. The Bertz CT molecular complexity index is 1410. The number of imidazole rings is 1. The summed E-state index contributed by atoms with van der Waals surface area (Å²) in [6, 6.07) is 17.7. The van der Waals surface area contributed by atoms with Crippen LogP contribution in [0.1, 0.15) is 44.9 Å². The first-order valence-electron chi connectivity index (χ1n) is 12.8. The van der Waals surface area contributed by atoms with Crippen LogP contribution in [-0.4, -0.2) is 42.8 Å². The van der Waals surface area contributed by atoms with Crippen LogP contribution < -0.4 is 5.32 Å². The lowest BCUT2D eigenvalue weighted by Gasteiger charge is -2.26. The SMILES string of the molecule is CC(C)c1nc(-c2ccc(F)cc2)c(-c2ccnc(Nc3ccccc3)n2)n1CCC1C[C@@H](O)CC(=O)O1. The average Bonchev–Trinajstić information content (AvgIpc) is 3.28. The number of hydrogen-bond acceptors (Lipinski definition) is 7. The molecule has 2 N–H and O–H groups in total. The number of nitrogens with zero attached hydrogens (tertiary/aromatic N) is 4. The zero-order chi connectivity index (χ0) is 26.6. The minimum absolute atomic E-state index is 0.0247. The Balaban J connectivity index is 1.58. The maximum Gasteiger partial charge on any atom is 0.308 e. The van der Waals surface area contributed by atoms with E-state index >= 15 is 0 Å². The van der Waals surface area contributed by atoms with Crippen LogP contribution in [0.4, 0.5) is 16.0 Å². The smallest absolute Gasteiger partial charge is 0.308 e. The van der Waals surface area contributed by atoms with Crippen molar-refractivity contribution >= 4 is 17.6 Å². The molecule has 0 radical (unpaired) electrons. The van der Waals surface area contributed by atoms with Gasteiger partial charge in [0.15, 0.2) is 0 Å². The normalized spacial score (nSPS) is 17.4. The molecular weight excluding hydrogens is 485 g/mol. The van der Waals surface area contributed by atoms with E-state index in [1.807, 2.05) is 36.4 Å². The molecule has 38 heavy (non-hydrogen) atoms. The summed E-state index contributed by atoms with van der Waals surface area (Å²) in [5.41, 5.74) is 3.72. The van der Waals surface area contributed by atoms with Crippen LogP contribution >= 0.6 is 0 Å². The van der Waals surface area contributed by atoms with Gasteiger partial charge in [0.1, 0.15) is 17.7 Å². The summed E-state index contributed by atoms with van der Waals surface area (Å²) in [6.45, 7) is 4.61. The summed E-state index contributed by atoms with van der Waals surface area (Å²) in [5, 5.41) is 13.3. The van der Waals surface area contributed by atoms with Crippen molar-refractivity contribution in [3.8, 4) is 22.6 Å². The molecule has 0 amide bonds. The van der Waals surface area contributed by atoms with E-state index < -0.39 is 12.2 Å². The van der Waals surface area contributed by atoms with Gasteiger partial charge >= 0.3 is 5.97 Å². The third-order valence-electron chi connectivity index (χ3n) is 6.47. The molecule has 0 saturated carbocycles. The van der Waals surface area contributed by atoms with Crippen LogP contribution in [0.5, 0.6) is 0 Å². The topological polar surface area (TPSA) is 102 Å². The number of anilines is 2. The van der Waals surface area contributed by atoms with Crippen molar-refractivity contribution in [3.05, 3.63) is 78.5 Å². The summed E-state index contributed by atoms with van der Waals surface area (Å²) in [6.07, 6.45) is 1.53. The highest BCUT2D eigenvalue weighted by atomic mass is 19.1. The van der Waals surface area contributed by atoms with Crippen LogP contribution in [-0.2, 0) is 16.1 Å². The Morgan fingerprint density at radius 1 is 1.11 bits per heavy atom. The summed E-state index contributed by atoms with van der Waals surface area (Å²) in [4.78, 5) is 26.1. The highest BCUT2D eigenvalue weighted by molar-refractivity contribution is 5.78. The lowest BCUT2D eigenvalue weighted by atomic mass is 10.0. The molecule has 9 heteroatoms. The average molecular weight is 516 g/mol. The maximum absolute atomic E-state index is 13.8. The second kappa shape index (κ2) is 11.1. The lowest BCUT2D eigenvalue weighted by Crippen LogP contribution is -2.33. The minimum Gasteiger partial charge on any atom is -0.462 e. The number of nitrogens with one attached hydrogen (secondary N) is 1. The number of halogens is 1. The number of rotatable bonds is 8. The molecule has 1 unspecified atom stereocenters. The van der Waals surface area contributed by atoms with Gasteiger partial charge in [0.25, 0.3) is 0 Å². The number of esters is 1. The largest absolute Gasteiger partial charge is 0.462 e. The molecule has 0 bridgehead atoms. The molecule has 2 aromatic heterocycles. The first-order valence-corrected chi connectivity index (χ1v) is 12.8. The van der Waals surface area contributed by atoms with Gasteiger partial charge in [-0.1, -0.05) is 32.0 Å². The Morgan fingerprint density at radius 3 is 2.58 bits per heavy atom. The zero-order valence-corrected chi connectivity index (χ0v) is 21.3. The lowest BCUT2D eigenvalue weighted by molar-refractivity contribution is -0.160. The predicted molar refractivity (Wildman–Crippen MR) is 142 cm³/mol. The van der Waals surface area contributed by atoms with Crippen molar-refractivity contribution in [2.24, 2.45) is 0 Å². The second-order valence-electron chi connectivity index (χ2n) is 9.73. The maximum atomic E-state index is 13.8. The van der Waals surface area contributed by atoms with Gasteiger partial charge in [-0.15, -0.1) is 0 Å². The summed E-state index contributed by atoms with van der Waals surface area (Å²) in [7, 11) is 0. The molecule has 4 aromatic rings. The third kappa shape index (κ3) is 5.73. The number of carbonyl (C=O) groups excluding carboxylic acids is 1. The first kappa shape index (κ1) is 25.5. The molecule has 1 aliphatic heterocycles. The Morgan fingerprint density at radius 2 is 1.87 bits per heavy atom. The molecular formula is C29H30FN5O3. The number of ether oxygens (including phenoxy) is 1. The van der Waals surface area contributed by atoms with E-state index in [9.17, 15) is 14.3 Å². The fourth-order valence-electron chi connectivity index (χ4n) is 4.72. The number of aromatic nitrogens is 4. The van der Waals surface area contributed by atoms with Gasteiger partial charge in [0, 0.05) is 42.8 Å². The number of aliphatic hydroxyl groups is 1. The Labute approximate surface area is 220 Å². The van der Waals surface area contributed by atoms with Crippen molar-refractivity contribution in [3.63, 3.8) is 0 Å². The van der Waals surface area contributed by atoms with Gasteiger partial charge in [-0.25, -0.2) is 19.3 Å². The highest BCUT2D eigenvalue weighted by Gasteiger charge is 2.29. The van der Waals surface area contributed by atoms with Crippen LogP contribution in [0.3, 0.4) is 0 Å². The van der Waals surface area contributed by atoms with E-state index in [1.54, 1.807) is 18.3 Å². The van der Waals surface area contributed by atoms with Crippen LogP contribution in [0.25, 0.3) is 22.6 Å². The number of hydrogen-bond donors (Lipinski definition) is 2. The molecule has 2 aromatic carbocycles. The van der Waals surface area contributed by atoms with E-state index in [-0.39, 0.29) is 24.1 Å². The Kier molecular flexibility index (Phi) is 7.46. The van der Waals surface area contributed by atoms with Crippen LogP contribution in [0.15, 0.2) is 66.9 Å². The van der Waals surface area contributed by atoms with E-state index in [1.165, 1.54) is 12.1 Å². The van der Waals surface area contributed by atoms with Gasteiger partial charge in [-0.05, 0) is 42.5 Å². The number of aliphatic hydroxyl groups excluding tert-OH is 1. The van der Waals surface area contributed by atoms with E-state index in [0.717, 1.165) is 22.8 Å². The van der Waals surface area contributed by atoms with Gasteiger partial charge in [-0.2, -0.15) is 0 Å². The van der Waals surface area contributed by atoms with Gasteiger partial charge in [0.2, 0.25) is 5.95 Å². The second-order valence-corrected chi connectivity index (χ2v) is 9.73. The predicted octanol–water partition coefficient (Wildman–Crippen LogP) is 5.47. The van der Waals surface area contributed by atoms with Crippen molar-refractivity contribution < 1.29 is 19.0 Å². The van der Waals surface area contributed by atoms with Gasteiger partial charge in [0.05, 0.1) is 29.6 Å². The van der Waals surface area contributed by atoms with Crippen molar-refractivity contribution in [2.45, 2.75) is 57.8 Å². The van der Waals surface area contributed by atoms with E-state index in [0.29, 0.717) is 36.7 Å². The number of para-hydroxylation sites is 1. The summed E-state index contributed by atoms with van der Waals surface area (Å²) < 4.78 is 21.4. The van der Waals surface area contributed by atoms with Crippen molar-refractivity contribution in [2.75, 3.05) is 5.32 Å². The minimum atomic E-state index is -0.698. The van der Waals surface area contributed by atoms with Crippen LogP contribution in [0, 0.1) is 5.82 Å². The summed E-state index contributed by atoms with van der Waals surface area (Å²) in [5.74, 6) is 0.627. The molecule has 2 atom stereocenters. The first-order chi connectivity index (χ1) is 18.4. The third-order valence-corrected chi connectivity index (χ3v) is 6.47. The van der Waals surface area contributed by atoms with Gasteiger partial charge in [-0.3, -0.25) is 4.79 Å². The number of benzene rings is 2. The van der Waals surface area contributed by atoms with Crippen LogP contribution in [0.2, 0.25) is 0 Å². The molecule has 1 fully saturated rings. The van der Waals surface area contributed by atoms with Crippen molar-refractivity contribution in [1.82, 2.24) is 19.5 Å². The van der Waals surface area contributed by atoms with Gasteiger partial charge < -0.3 is 19.7 Å².